The Hall–Kier alpha value is -5.18. The molecule has 22 nitrogen and oxygen atoms in total. The van der Waals surface area contributed by atoms with Crippen LogP contribution in [0, 0.1) is 0 Å². The van der Waals surface area contributed by atoms with E-state index in [1.54, 1.807) is 18.2 Å². The van der Waals surface area contributed by atoms with Crippen molar-refractivity contribution in [3.8, 4) is 40.1 Å². The third-order valence-corrected chi connectivity index (χ3v) is 10.6. The molecular formula is C40H44O22. The third-order valence-electron chi connectivity index (χ3n) is 10.6. The fraction of sp³-hybridized carbons (Fsp3) is 0.450. The smallest absolute Gasteiger partial charge is 0.338 e. The lowest BCUT2D eigenvalue weighted by Gasteiger charge is -2.42. The number of fused-ring (bicyclic) bond motifs is 1. The number of aliphatic hydroxyl groups excluding tert-OH is 9. The van der Waals surface area contributed by atoms with Crippen molar-refractivity contribution >= 4 is 16.9 Å². The molecule has 1 aromatic heterocycles. The molecule has 0 aliphatic carbocycles. The van der Waals surface area contributed by atoms with Gasteiger partial charge in [-0.15, -0.1) is 0 Å². The molecule has 15 atom stereocenters. The number of carbonyl (C=O) groups excluding carboxylic acids is 1. The van der Waals surface area contributed by atoms with E-state index in [2.05, 4.69) is 0 Å². The summed E-state index contributed by atoms with van der Waals surface area (Å²) < 4.78 is 45.0. The average molecular weight is 877 g/mol. The van der Waals surface area contributed by atoms with E-state index in [-0.39, 0.29) is 16.9 Å². The number of rotatable bonds is 11. The van der Waals surface area contributed by atoms with Gasteiger partial charge >= 0.3 is 5.97 Å². The fourth-order valence-corrected chi connectivity index (χ4v) is 7.00. The molecule has 0 saturated carbocycles. The van der Waals surface area contributed by atoms with Crippen molar-refractivity contribution < 1.29 is 104 Å². The number of benzene rings is 3. The Labute approximate surface area is 349 Å². The molecule has 3 aliphatic rings. The molecule has 0 unspecified atom stereocenters. The van der Waals surface area contributed by atoms with Gasteiger partial charge in [0.2, 0.25) is 23.8 Å². The van der Waals surface area contributed by atoms with Gasteiger partial charge < -0.3 is 98.9 Å². The number of ether oxygens (including phenoxy) is 7. The highest BCUT2D eigenvalue weighted by Gasteiger charge is 2.49. The number of phenolic OH excluding ortho intramolecular Hbond substituents is 3. The van der Waals surface area contributed by atoms with Crippen molar-refractivity contribution in [2.75, 3.05) is 13.2 Å². The second-order valence-electron chi connectivity index (χ2n) is 14.9. The molecule has 3 aliphatic heterocycles. The quantitative estimate of drug-likeness (QED) is 0.0554. The van der Waals surface area contributed by atoms with E-state index < -0.39 is 156 Å². The lowest BCUT2D eigenvalue weighted by molar-refractivity contribution is -0.318. The van der Waals surface area contributed by atoms with Gasteiger partial charge in [-0.1, -0.05) is 18.2 Å². The summed E-state index contributed by atoms with van der Waals surface area (Å²) in [6.07, 6.45) is -25.7. The molecule has 4 heterocycles. The zero-order chi connectivity index (χ0) is 44.7. The predicted molar refractivity (Wildman–Crippen MR) is 203 cm³/mol. The Morgan fingerprint density at radius 1 is 0.613 bits per heavy atom. The molecule has 22 heteroatoms. The van der Waals surface area contributed by atoms with E-state index in [0.29, 0.717) is 0 Å². The Morgan fingerprint density at radius 2 is 1.21 bits per heavy atom. The fourth-order valence-electron chi connectivity index (χ4n) is 7.00. The van der Waals surface area contributed by atoms with Crippen LogP contribution in [0.4, 0.5) is 0 Å². The summed E-state index contributed by atoms with van der Waals surface area (Å²) in [7, 11) is 0. The van der Waals surface area contributed by atoms with Gasteiger partial charge in [0.1, 0.15) is 96.2 Å². The van der Waals surface area contributed by atoms with Crippen molar-refractivity contribution in [1.29, 1.82) is 0 Å². The van der Waals surface area contributed by atoms with Gasteiger partial charge in [0.15, 0.2) is 23.5 Å². The van der Waals surface area contributed by atoms with Gasteiger partial charge in [-0.25, -0.2) is 4.79 Å². The van der Waals surface area contributed by atoms with Crippen LogP contribution in [0.25, 0.3) is 22.3 Å². The summed E-state index contributed by atoms with van der Waals surface area (Å²) in [6.45, 7) is 0.138. The molecule has 0 spiro atoms. The SMILES string of the molecule is C[C@@H]1O[C@@H](OC[C@@H]2O[C@@H](Oc3c(-c4ccc(O)c(O)c4)oc4cc(O[C@@H]5O[C@H](COC(=O)c6ccccc6)[C@@H](O)[C@H](O)[C@@H]5O)cc(O)c4c3=O)[C@H](O)[C@@H](O)[C@@H]2O)[C@@H](O)[C@H](O)[C@H]1O. The second-order valence-corrected chi connectivity index (χ2v) is 14.9. The first kappa shape index (κ1) is 44.9. The zero-order valence-corrected chi connectivity index (χ0v) is 32.3. The van der Waals surface area contributed by atoms with Crippen LogP contribution in [-0.2, 0) is 23.7 Å². The monoisotopic (exact) mass is 876 g/mol. The van der Waals surface area contributed by atoms with Gasteiger partial charge in [0.25, 0.3) is 0 Å². The summed E-state index contributed by atoms with van der Waals surface area (Å²) >= 11 is 0. The molecule has 7 rings (SSSR count). The highest BCUT2D eigenvalue weighted by molar-refractivity contribution is 5.89. The van der Waals surface area contributed by atoms with Crippen LogP contribution in [0.15, 0.2) is 69.9 Å². The van der Waals surface area contributed by atoms with Crippen LogP contribution in [0.2, 0.25) is 0 Å². The van der Waals surface area contributed by atoms with Crippen molar-refractivity contribution in [2.45, 2.75) is 99.0 Å². The number of hydrogen-bond acceptors (Lipinski definition) is 22. The van der Waals surface area contributed by atoms with Crippen LogP contribution in [0.3, 0.4) is 0 Å². The molecule has 0 radical (unpaired) electrons. The zero-order valence-electron chi connectivity index (χ0n) is 32.3. The first-order valence-corrected chi connectivity index (χ1v) is 19.1. The first-order chi connectivity index (χ1) is 29.4. The number of esters is 1. The van der Waals surface area contributed by atoms with Gasteiger partial charge in [-0.05, 0) is 37.3 Å². The van der Waals surface area contributed by atoms with Crippen LogP contribution in [0.1, 0.15) is 17.3 Å². The lowest BCUT2D eigenvalue weighted by atomic mass is 9.98. The number of carbonyl (C=O) groups is 1. The number of hydrogen-bond donors (Lipinski definition) is 12. The topological polar surface area (TPSA) is 355 Å². The van der Waals surface area contributed by atoms with Crippen LogP contribution in [0.5, 0.6) is 28.7 Å². The van der Waals surface area contributed by atoms with Crippen molar-refractivity contribution in [3.05, 3.63) is 76.5 Å². The normalized spacial score (nSPS) is 33.8. The van der Waals surface area contributed by atoms with Crippen molar-refractivity contribution in [1.82, 2.24) is 0 Å². The number of phenols is 3. The highest BCUT2D eigenvalue weighted by Crippen LogP contribution is 2.40. The Kier molecular flexibility index (Phi) is 13.2. The number of aliphatic hydroxyl groups is 9. The van der Waals surface area contributed by atoms with E-state index >= 15 is 0 Å². The maximum absolute atomic E-state index is 14.2. The Morgan fingerprint density at radius 3 is 1.85 bits per heavy atom. The summed E-state index contributed by atoms with van der Waals surface area (Å²) in [5, 5.41) is 126. The molecule has 12 N–H and O–H groups in total. The van der Waals surface area contributed by atoms with E-state index in [1.165, 1.54) is 25.1 Å². The van der Waals surface area contributed by atoms with Gasteiger partial charge in [-0.2, -0.15) is 0 Å². The molecule has 3 fully saturated rings. The molecular weight excluding hydrogens is 832 g/mol. The van der Waals surface area contributed by atoms with E-state index in [0.717, 1.165) is 24.3 Å². The van der Waals surface area contributed by atoms with Crippen molar-refractivity contribution in [2.24, 2.45) is 0 Å². The lowest BCUT2D eigenvalue weighted by Crippen LogP contribution is -2.61. The van der Waals surface area contributed by atoms with E-state index in [9.17, 15) is 70.9 Å². The maximum atomic E-state index is 14.2. The summed E-state index contributed by atoms with van der Waals surface area (Å²) in [5.41, 5.74) is -1.53. The molecule has 336 valence electrons. The standard InChI is InChI=1S/C40H44O22/c1-14-25(44)29(48)32(51)38(57-14)56-13-23-27(46)31(50)34(53)40(61-23)62-36-28(47)24-20(43)10-17(11-21(24)59-35(36)16-7-8-18(41)19(42)9-16)58-39-33(52)30(49)26(45)22(60-39)12-55-37(54)15-5-3-2-4-6-15/h2-11,14,22-23,25-27,29-34,38-46,48-53H,12-13H2,1H3/t14-,22+,23-,25-,26+,27+,29+,30-,31-,32-,33-,34+,38+,39+,40-/m0/s1. The predicted octanol–water partition coefficient (Wildman–Crippen LogP) is -2.35. The summed E-state index contributed by atoms with van der Waals surface area (Å²) in [6, 6.07) is 13.0. The molecule has 0 bridgehead atoms. The summed E-state index contributed by atoms with van der Waals surface area (Å²) in [5.74, 6) is -4.52. The van der Waals surface area contributed by atoms with E-state index in [4.69, 9.17) is 37.6 Å². The van der Waals surface area contributed by atoms with E-state index in [1.807, 2.05) is 0 Å². The van der Waals surface area contributed by atoms with Crippen LogP contribution in [-0.4, -0.2) is 173 Å². The average Bonchev–Trinajstić information content (AvgIpc) is 3.25. The number of aromatic hydroxyl groups is 3. The summed E-state index contributed by atoms with van der Waals surface area (Å²) in [4.78, 5) is 26.7. The molecule has 3 saturated heterocycles. The minimum atomic E-state index is -2.07. The Bertz CT molecular complexity index is 2270. The molecule has 4 aromatic rings. The molecule has 3 aromatic carbocycles. The van der Waals surface area contributed by atoms with Crippen LogP contribution < -0.4 is 14.9 Å². The highest BCUT2D eigenvalue weighted by atomic mass is 16.7. The maximum Gasteiger partial charge on any atom is 0.338 e. The van der Waals surface area contributed by atoms with Gasteiger partial charge in [-0.3, -0.25) is 4.79 Å². The minimum Gasteiger partial charge on any atom is -0.507 e. The molecule has 0 amide bonds. The van der Waals surface area contributed by atoms with Crippen LogP contribution >= 0.6 is 0 Å². The Balaban J connectivity index is 1.17. The van der Waals surface area contributed by atoms with Gasteiger partial charge in [0, 0.05) is 17.7 Å². The molecule has 62 heavy (non-hydrogen) atoms. The van der Waals surface area contributed by atoms with Crippen molar-refractivity contribution in [3.63, 3.8) is 0 Å². The van der Waals surface area contributed by atoms with Gasteiger partial charge in [0.05, 0.1) is 18.3 Å². The first-order valence-electron chi connectivity index (χ1n) is 19.1. The minimum absolute atomic E-state index is 0.139. The largest absolute Gasteiger partial charge is 0.507 e. The third kappa shape index (κ3) is 8.87. The second kappa shape index (κ2) is 18.3.